The first-order chi connectivity index (χ1) is 23.4. The highest BCUT2D eigenvalue weighted by molar-refractivity contribution is 7.92. The van der Waals surface area contributed by atoms with E-state index in [4.69, 9.17) is 4.74 Å². The van der Waals surface area contributed by atoms with E-state index in [2.05, 4.69) is 16.0 Å². The number of hydrogen-bond donors (Lipinski definition) is 4. The van der Waals surface area contributed by atoms with Crippen molar-refractivity contribution < 1.29 is 36.6 Å². The van der Waals surface area contributed by atoms with Crippen molar-refractivity contribution in [2.45, 2.75) is 95.9 Å². The number of ether oxygens (including phenoxy) is 1. The average Bonchev–Trinajstić information content (AvgIpc) is 3.06. The van der Waals surface area contributed by atoms with Gasteiger partial charge in [0.05, 0.1) is 23.1 Å². The Morgan fingerprint density at radius 2 is 1.45 bits per heavy atom. The molecule has 0 saturated heterocycles. The SMILES string of the molecule is CCCC(CCC)S(=O)(=O)C[C@@H](NC(=O)OCc1ccccc1)C(=O)N[C@@H](Cc1cc(F)cc(F)c1)[C@H](O)CNCc1cccc(CC)c1. The van der Waals surface area contributed by atoms with Crippen molar-refractivity contribution >= 4 is 21.8 Å². The zero-order valence-electron chi connectivity index (χ0n) is 28.5. The minimum Gasteiger partial charge on any atom is -0.445 e. The molecule has 3 rings (SSSR count). The lowest BCUT2D eigenvalue weighted by Gasteiger charge is -2.28. The van der Waals surface area contributed by atoms with Crippen molar-refractivity contribution in [3.8, 4) is 0 Å². The van der Waals surface area contributed by atoms with Gasteiger partial charge >= 0.3 is 6.09 Å². The van der Waals surface area contributed by atoms with Crippen LogP contribution >= 0.6 is 0 Å². The fourth-order valence-electron chi connectivity index (χ4n) is 5.62. The van der Waals surface area contributed by atoms with Gasteiger partial charge in [0.25, 0.3) is 0 Å². The molecule has 0 aliphatic carbocycles. The molecule has 0 saturated carbocycles. The fourth-order valence-corrected chi connectivity index (χ4v) is 7.78. The van der Waals surface area contributed by atoms with E-state index in [0.717, 1.165) is 29.7 Å². The molecule has 0 heterocycles. The summed E-state index contributed by atoms with van der Waals surface area (Å²) in [5.41, 5.74) is 2.99. The van der Waals surface area contributed by atoms with Gasteiger partial charge in [0.2, 0.25) is 5.91 Å². The zero-order valence-corrected chi connectivity index (χ0v) is 29.3. The summed E-state index contributed by atoms with van der Waals surface area (Å²) < 4.78 is 60.7. The second-order valence-corrected chi connectivity index (χ2v) is 14.6. The van der Waals surface area contributed by atoms with E-state index in [-0.39, 0.29) is 25.1 Å². The summed E-state index contributed by atoms with van der Waals surface area (Å²) in [6, 6.07) is 17.0. The van der Waals surface area contributed by atoms with E-state index in [0.29, 0.717) is 43.9 Å². The van der Waals surface area contributed by atoms with Crippen LogP contribution in [0.15, 0.2) is 72.8 Å². The molecule has 0 radical (unpaired) electrons. The number of carbonyl (C=O) groups is 2. The van der Waals surface area contributed by atoms with Gasteiger partial charge in [-0.3, -0.25) is 4.79 Å². The standard InChI is InChI=1S/C37H49F2N3O6S/c1-4-11-32(12-5-2)49(46,47)25-34(42-37(45)48-24-27-13-8-7-9-14-27)36(44)41-33(20-29-18-30(38)21-31(39)19-29)35(43)23-40-22-28-16-10-15-26(6-3)17-28/h7-10,13-19,21,32-35,40,43H,4-6,11-12,20,22-25H2,1-3H3,(H,41,44)(H,42,45)/t33-,34+,35+/m0/s1. The number of hydrogen-bond acceptors (Lipinski definition) is 7. The Balaban J connectivity index is 1.84. The van der Waals surface area contributed by atoms with Gasteiger partial charge in [-0.1, -0.05) is 88.2 Å². The van der Waals surface area contributed by atoms with E-state index < -0.39 is 62.7 Å². The van der Waals surface area contributed by atoms with Crippen molar-refractivity contribution in [2.24, 2.45) is 0 Å². The average molecular weight is 702 g/mol. The number of aryl methyl sites for hydroxylation is 1. The number of aliphatic hydroxyl groups excluding tert-OH is 1. The van der Waals surface area contributed by atoms with Gasteiger partial charge in [0.1, 0.15) is 24.3 Å². The van der Waals surface area contributed by atoms with Crippen LogP contribution in [0.4, 0.5) is 13.6 Å². The number of nitrogens with one attached hydrogen (secondary N) is 3. The quantitative estimate of drug-likeness (QED) is 0.124. The first-order valence-electron chi connectivity index (χ1n) is 16.8. The van der Waals surface area contributed by atoms with Gasteiger partial charge < -0.3 is 25.8 Å². The van der Waals surface area contributed by atoms with Crippen molar-refractivity contribution in [1.29, 1.82) is 0 Å². The highest BCUT2D eigenvalue weighted by atomic mass is 32.2. The predicted molar refractivity (Wildman–Crippen MR) is 186 cm³/mol. The summed E-state index contributed by atoms with van der Waals surface area (Å²) in [5.74, 6) is -3.24. The van der Waals surface area contributed by atoms with Crippen LogP contribution in [0.5, 0.6) is 0 Å². The molecule has 49 heavy (non-hydrogen) atoms. The van der Waals surface area contributed by atoms with Crippen molar-refractivity contribution in [3.05, 3.63) is 107 Å². The molecule has 0 unspecified atom stereocenters. The molecule has 0 aliphatic rings. The molecule has 12 heteroatoms. The second-order valence-electron chi connectivity index (χ2n) is 12.3. The number of amides is 2. The number of alkyl carbamates (subject to hydrolysis) is 1. The molecule has 9 nitrogen and oxygen atoms in total. The van der Waals surface area contributed by atoms with Crippen LogP contribution in [0, 0.1) is 11.6 Å². The number of benzene rings is 3. The summed E-state index contributed by atoms with van der Waals surface area (Å²) >= 11 is 0. The lowest BCUT2D eigenvalue weighted by molar-refractivity contribution is -0.124. The number of aliphatic hydroxyl groups is 1. The van der Waals surface area contributed by atoms with E-state index in [1.807, 2.05) is 45.0 Å². The Kier molecular flexibility index (Phi) is 16.1. The van der Waals surface area contributed by atoms with Crippen LogP contribution in [0.1, 0.15) is 68.7 Å². The Bertz CT molecular complexity index is 1570. The molecule has 3 aromatic carbocycles. The Morgan fingerprint density at radius 3 is 2.08 bits per heavy atom. The molecule has 0 spiro atoms. The van der Waals surface area contributed by atoms with Gasteiger partial charge in [-0.05, 0) is 60.1 Å². The molecule has 4 N–H and O–H groups in total. The van der Waals surface area contributed by atoms with E-state index in [1.54, 1.807) is 30.3 Å². The lowest BCUT2D eigenvalue weighted by Crippen LogP contribution is -2.57. The largest absolute Gasteiger partial charge is 0.445 e. The van der Waals surface area contributed by atoms with Crippen LogP contribution in [-0.2, 0) is 45.4 Å². The van der Waals surface area contributed by atoms with Crippen molar-refractivity contribution in [3.63, 3.8) is 0 Å². The van der Waals surface area contributed by atoms with E-state index in [9.17, 15) is 31.9 Å². The predicted octanol–water partition coefficient (Wildman–Crippen LogP) is 5.38. The Hall–Kier alpha value is -3.87. The molecular weight excluding hydrogens is 652 g/mol. The smallest absolute Gasteiger partial charge is 0.408 e. The van der Waals surface area contributed by atoms with Crippen LogP contribution in [0.25, 0.3) is 0 Å². The molecule has 3 atom stereocenters. The van der Waals surface area contributed by atoms with Crippen molar-refractivity contribution in [1.82, 2.24) is 16.0 Å². The Labute approximate surface area is 288 Å². The molecule has 0 bridgehead atoms. The van der Waals surface area contributed by atoms with Crippen LogP contribution in [0.3, 0.4) is 0 Å². The topological polar surface area (TPSA) is 134 Å². The zero-order chi connectivity index (χ0) is 35.8. The van der Waals surface area contributed by atoms with Gasteiger partial charge in [0.15, 0.2) is 9.84 Å². The lowest BCUT2D eigenvalue weighted by atomic mass is 10.00. The normalized spacial score (nSPS) is 13.4. The third-order valence-electron chi connectivity index (χ3n) is 8.20. The maximum atomic E-state index is 14.1. The number of rotatable bonds is 20. The van der Waals surface area contributed by atoms with Crippen molar-refractivity contribution in [2.75, 3.05) is 12.3 Å². The molecule has 268 valence electrons. The maximum absolute atomic E-state index is 14.1. The fraction of sp³-hybridized carbons (Fsp3) is 0.459. The first kappa shape index (κ1) is 39.6. The highest BCUT2D eigenvalue weighted by Crippen LogP contribution is 2.18. The molecule has 0 aliphatic heterocycles. The summed E-state index contributed by atoms with van der Waals surface area (Å²) in [5, 5.41) is 18.8. The van der Waals surface area contributed by atoms with Crippen LogP contribution < -0.4 is 16.0 Å². The summed E-state index contributed by atoms with van der Waals surface area (Å²) in [7, 11) is -3.89. The highest BCUT2D eigenvalue weighted by Gasteiger charge is 2.34. The first-order valence-corrected chi connectivity index (χ1v) is 18.6. The minimum absolute atomic E-state index is 0.0102. The van der Waals surface area contributed by atoms with Crippen LogP contribution in [-0.4, -0.2) is 61.3 Å². The third kappa shape index (κ3) is 13.5. The molecular formula is C37H49F2N3O6S. The number of carbonyl (C=O) groups excluding carboxylic acids is 2. The van der Waals surface area contributed by atoms with E-state index >= 15 is 0 Å². The molecule has 3 aromatic rings. The van der Waals surface area contributed by atoms with E-state index in [1.165, 1.54) is 0 Å². The molecule has 0 aromatic heterocycles. The minimum atomic E-state index is -3.89. The monoisotopic (exact) mass is 701 g/mol. The number of sulfone groups is 1. The third-order valence-corrected chi connectivity index (χ3v) is 10.5. The molecule has 2 amide bonds. The molecule has 0 fully saturated rings. The maximum Gasteiger partial charge on any atom is 0.408 e. The summed E-state index contributed by atoms with van der Waals surface area (Å²) in [6.07, 6.45) is 0.424. The van der Waals surface area contributed by atoms with Gasteiger partial charge in [-0.15, -0.1) is 0 Å². The summed E-state index contributed by atoms with van der Waals surface area (Å²) in [4.78, 5) is 26.7. The number of halogens is 2. The van der Waals surface area contributed by atoms with Gasteiger partial charge in [-0.2, -0.15) is 0 Å². The van der Waals surface area contributed by atoms with Gasteiger partial charge in [-0.25, -0.2) is 22.0 Å². The summed E-state index contributed by atoms with van der Waals surface area (Å²) in [6.45, 7) is 6.08. The van der Waals surface area contributed by atoms with Gasteiger partial charge in [0, 0.05) is 19.2 Å². The second kappa shape index (κ2) is 20.0. The van der Waals surface area contributed by atoms with Crippen LogP contribution in [0.2, 0.25) is 0 Å². The Morgan fingerprint density at radius 1 is 0.816 bits per heavy atom.